The van der Waals surface area contributed by atoms with E-state index in [9.17, 15) is 4.79 Å². The van der Waals surface area contributed by atoms with Gasteiger partial charge in [-0.3, -0.25) is 4.79 Å². The summed E-state index contributed by atoms with van der Waals surface area (Å²) in [4.78, 5) is 16.8. The first-order valence-electron chi connectivity index (χ1n) is 6.71. The molecular formula is C15H20N2O2S. The summed E-state index contributed by atoms with van der Waals surface area (Å²) in [5.41, 5.74) is 1.55. The summed E-state index contributed by atoms with van der Waals surface area (Å²) < 4.78 is 5.40. The van der Waals surface area contributed by atoms with E-state index in [2.05, 4.69) is 24.1 Å². The minimum absolute atomic E-state index is 0.131. The van der Waals surface area contributed by atoms with Gasteiger partial charge in [0.1, 0.15) is 16.5 Å². The number of aryl methyl sites for hydroxylation is 3. The maximum absolute atomic E-state index is 12.3. The zero-order valence-electron chi connectivity index (χ0n) is 12.5. The number of anilines is 1. The van der Waals surface area contributed by atoms with Gasteiger partial charge in [-0.1, -0.05) is 13.8 Å². The molecule has 20 heavy (non-hydrogen) atoms. The lowest BCUT2D eigenvalue weighted by Gasteiger charge is -2.06. The molecule has 1 N–H and O–H groups in total. The van der Waals surface area contributed by atoms with Crippen LogP contribution in [0.1, 0.15) is 46.4 Å². The number of thiazole rings is 1. The molecule has 5 heteroatoms. The van der Waals surface area contributed by atoms with Gasteiger partial charge in [0.05, 0.1) is 16.3 Å². The van der Waals surface area contributed by atoms with Crippen LogP contribution in [0.15, 0.2) is 10.5 Å². The van der Waals surface area contributed by atoms with Crippen LogP contribution >= 0.6 is 11.3 Å². The number of hydrogen-bond donors (Lipinski definition) is 1. The van der Waals surface area contributed by atoms with Gasteiger partial charge in [-0.25, -0.2) is 4.98 Å². The minimum Gasteiger partial charge on any atom is -0.466 e. The minimum atomic E-state index is -0.131. The third-order valence-electron chi connectivity index (χ3n) is 2.92. The average Bonchev–Trinajstić information content (AvgIpc) is 2.81. The van der Waals surface area contributed by atoms with E-state index in [1.807, 2.05) is 13.8 Å². The molecule has 0 unspecified atom stereocenters. The topological polar surface area (TPSA) is 55.1 Å². The predicted octanol–water partition coefficient (Wildman–Crippen LogP) is 4.11. The Balaban J connectivity index is 2.21. The van der Waals surface area contributed by atoms with Gasteiger partial charge in [0.2, 0.25) is 0 Å². The quantitative estimate of drug-likeness (QED) is 0.922. The highest BCUT2D eigenvalue weighted by molar-refractivity contribution is 7.16. The van der Waals surface area contributed by atoms with Crippen molar-refractivity contribution < 1.29 is 9.21 Å². The molecule has 0 fully saturated rings. The van der Waals surface area contributed by atoms with Gasteiger partial charge < -0.3 is 9.73 Å². The van der Waals surface area contributed by atoms with E-state index in [4.69, 9.17) is 4.42 Å². The Kier molecular flexibility index (Phi) is 4.28. The summed E-state index contributed by atoms with van der Waals surface area (Å²) in [6, 6.07) is 1.76. The van der Waals surface area contributed by atoms with Crippen LogP contribution in [0.5, 0.6) is 0 Å². The third-order valence-corrected chi connectivity index (χ3v) is 3.85. The molecule has 0 spiro atoms. The van der Waals surface area contributed by atoms with Crippen molar-refractivity contribution in [1.29, 1.82) is 0 Å². The van der Waals surface area contributed by atoms with Crippen LogP contribution in [0.4, 0.5) is 5.00 Å². The van der Waals surface area contributed by atoms with Gasteiger partial charge in [0, 0.05) is 0 Å². The summed E-state index contributed by atoms with van der Waals surface area (Å²) >= 11 is 1.52. The molecule has 2 heterocycles. The van der Waals surface area contributed by atoms with E-state index in [1.54, 1.807) is 13.0 Å². The third kappa shape index (κ3) is 3.28. The molecule has 0 aromatic carbocycles. The normalized spacial score (nSPS) is 11.1. The van der Waals surface area contributed by atoms with Crippen LogP contribution in [0.25, 0.3) is 0 Å². The maximum Gasteiger partial charge on any atom is 0.259 e. The Labute approximate surface area is 123 Å². The molecular weight excluding hydrogens is 272 g/mol. The lowest BCUT2D eigenvalue weighted by Crippen LogP contribution is -2.13. The molecule has 0 bridgehead atoms. The Morgan fingerprint density at radius 2 is 2.10 bits per heavy atom. The smallest absolute Gasteiger partial charge is 0.259 e. The van der Waals surface area contributed by atoms with Gasteiger partial charge in [-0.05, 0) is 39.2 Å². The van der Waals surface area contributed by atoms with Crippen LogP contribution in [0, 0.1) is 26.7 Å². The van der Waals surface area contributed by atoms with Crippen LogP contribution in [-0.2, 0) is 6.42 Å². The van der Waals surface area contributed by atoms with Crippen molar-refractivity contribution in [2.75, 3.05) is 5.32 Å². The molecule has 0 saturated heterocycles. The first-order valence-corrected chi connectivity index (χ1v) is 7.53. The molecule has 108 valence electrons. The summed E-state index contributed by atoms with van der Waals surface area (Å²) in [5.74, 6) is 1.76. The number of hydrogen-bond acceptors (Lipinski definition) is 4. The van der Waals surface area contributed by atoms with E-state index < -0.39 is 0 Å². The van der Waals surface area contributed by atoms with E-state index in [0.29, 0.717) is 17.2 Å². The molecule has 0 aliphatic rings. The van der Waals surface area contributed by atoms with Crippen molar-refractivity contribution in [3.05, 3.63) is 33.9 Å². The van der Waals surface area contributed by atoms with Crippen LogP contribution in [0.2, 0.25) is 0 Å². The number of carbonyl (C=O) groups is 1. The van der Waals surface area contributed by atoms with Crippen molar-refractivity contribution in [2.24, 2.45) is 5.92 Å². The summed E-state index contributed by atoms with van der Waals surface area (Å²) in [5, 5.41) is 4.78. The maximum atomic E-state index is 12.3. The lowest BCUT2D eigenvalue weighted by atomic mass is 10.1. The van der Waals surface area contributed by atoms with E-state index >= 15 is 0 Å². The Hall–Kier alpha value is -1.62. The van der Waals surface area contributed by atoms with Gasteiger partial charge in [-0.15, -0.1) is 11.3 Å². The summed E-state index contributed by atoms with van der Waals surface area (Å²) in [6.45, 7) is 9.88. The number of nitrogens with zero attached hydrogens (tertiary/aromatic N) is 1. The second-order valence-electron chi connectivity index (χ2n) is 5.39. The average molecular weight is 292 g/mol. The lowest BCUT2D eigenvalue weighted by molar-refractivity contribution is 0.102. The monoisotopic (exact) mass is 292 g/mol. The Morgan fingerprint density at radius 3 is 2.65 bits per heavy atom. The SMILES string of the molecule is Cc1cc(C(=O)Nc2sc(C)nc2CC(C)C)c(C)o1. The Morgan fingerprint density at radius 1 is 1.40 bits per heavy atom. The molecule has 4 nitrogen and oxygen atoms in total. The van der Waals surface area contributed by atoms with E-state index in [1.165, 1.54) is 11.3 Å². The highest BCUT2D eigenvalue weighted by Crippen LogP contribution is 2.27. The first-order chi connectivity index (χ1) is 9.36. The summed E-state index contributed by atoms with van der Waals surface area (Å²) in [6.07, 6.45) is 0.864. The molecule has 2 aromatic rings. The molecule has 0 atom stereocenters. The number of nitrogens with one attached hydrogen (secondary N) is 1. The van der Waals surface area contributed by atoms with Crippen molar-refractivity contribution in [3.63, 3.8) is 0 Å². The number of aromatic nitrogens is 1. The number of rotatable bonds is 4. The second kappa shape index (κ2) is 5.79. The fourth-order valence-electron chi connectivity index (χ4n) is 2.12. The molecule has 2 rings (SSSR count). The zero-order valence-corrected chi connectivity index (χ0v) is 13.4. The highest BCUT2D eigenvalue weighted by atomic mass is 32.1. The van der Waals surface area contributed by atoms with Crippen molar-refractivity contribution in [1.82, 2.24) is 4.98 Å². The van der Waals surface area contributed by atoms with Crippen LogP contribution in [-0.4, -0.2) is 10.9 Å². The van der Waals surface area contributed by atoms with Crippen molar-refractivity contribution >= 4 is 22.2 Å². The Bertz CT molecular complexity index is 626. The predicted molar refractivity (Wildman–Crippen MR) is 81.5 cm³/mol. The zero-order chi connectivity index (χ0) is 14.9. The van der Waals surface area contributed by atoms with Crippen molar-refractivity contribution in [3.8, 4) is 0 Å². The summed E-state index contributed by atoms with van der Waals surface area (Å²) in [7, 11) is 0. The molecule has 1 amide bonds. The molecule has 2 aromatic heterocycles. The second-order valence-corrected chi connectivity index (χ2v) is 6.59. The molecule has 0 saturated carbocycles. The largest absolute Gasteiger partial charge is 0.466 e. The van der Waals surface area contributed by atoms with E-state index in [0.717, 1.165) is 27.9 Å². The van der Waals surface area contributed by atoms with Gasteiger partial charge >= 0.3 is 0 Å². The number of carbonyl (C=O) groups excluding carboxylic acids is 1. The standard InChI is InChI=1S/C15H20N2O2S/c1-8(2)6-13-15(20-11(5)16-13)17-14(18)12-7-9(3)19-10(12)4/h7-8H,6H2,1-5H3,(H,17,18). The van der Waals surface area contributed by atoms with Crippen LogP contribution in [0.3, 0.4) is 0 Å². The first kappa shape index (κ1) is 14.8. The molecule has 0 aliphatic carbocycles. The van der Waals surface area contributed by atoms with Gasteiger partial charge in [-0.2, -0.15) is 0 Å². The van der Waals surface area contributed by atoms with Crippen LogP contribution < -0.4 is 5.32 Å². The highest BCUT2D eigenvalue weighted by Gasteiger charge is 2.17. The number of furan rings is 1. The fourth-order valence-corrected chi connectivity index (χ4v) is 2.96. The molecule has 0 aliphatic heterocycles. The van der Waals surface area contributed by atoms with Crippen molar-refractivity contribution in [2.45, 2.75) is 41.0 Å². The van der Waals surface area contributed by atoms with E-state index in [-0.39, 0.29) is 5.91 Å². The molecule has 0 radical (unpaired) electrons. The fraction of sp³-hybridized carbons (Fsp3) is 0.467. The number of amides is 1. The van der Waals surface area contributed by atoms with Gasteiger partial charge in [0.15, 0.2) is 0 Å². The van der Waals surface area contributed by atoms with Gasteiger partial charge in [0.25, 0.3) is 5.91 Å².